The Kier molecular flexibility index (Phi) is 2.93. The predicted octanol–water partition coefficient (Wildman–Crippen LogP) is 0.619. The van der Waals surface area contributed by atoms with Crippen molar-refractivity contribution in [1.29, 1.82) is 0 Å². The summed E-state index contributed by atoms with van der Waals surface area (Å²) in [4.78, 5) is 10.3. The van der Waals surface area contributed by atoms with E-state index >= 15 is 0 Å². The summed E-state index contributed by atoms with van der Waals surface area (Å²) in [5.41, 5.74) is 5.39. The van der Waals surface area contributed by atoms with Gasteiger partial charge in [0.25, 0.3) is 0 Å². The third-order valence-corrected chi connectivity index (χ3v) is 1.39. The average molecular weight is 175 g/mol. The number of phenolic OH excluding ortho intramolecular Hbond substituents is 1. The molecule has 13 heavy (non-hydrogen) atoms. The minimum absolute atomic E-state index is 0.00827. The maximum atomic E-state index is 10.3. The number of para-hydroxylation sites is 1. The first-order chi connectivity index (χ1) is 6.20. The van der Waals surface area contributed by atoms with Crippen LogP contribution in [-0.2, 0) is 4.79 Å². The van der Waals surface area contributed by atoms with Gasteiger partial charge in [0.05, 0.1) is 12.0 Å². The molecule has 1 rings (SSSR count). The number of hydrogen-bond donors (Lipinski definition) is 2. The molecule has 66 valence electrons. The first kappa shape index (κ1) is 9.14. The van der Waals surface area contributed by atoms with Crippen molar-refractivity contribution >= 4 is 5.91 Å². The number of hydrogen-bond acceptors (Lipinski definition) is 2. The number of rotatable bonds is 1. The summed E-state index contributed by atoms with van der Waals surface area (Å²) in [6.07, 6.45) is 0.00827. The lowest BCUT2D eigenvalue weighted by molar-refractivity contribution is -0.117. The number of benzene rings is 1. The molecule has 0 radical (unpaired) electrons. The predicted molar refractivity (Wildman–Crippen MR) is 48.8 cm³/mol. The Morgan fingerprint density at radius 1 is 1.46 bits per heavy atom. The highest BCUT2D eigenvalue weighted by molar-refractivity contribution is 5.76. The van der Waals surface area contributed by atoms with Crippen LogP contribution in [0.15, 0.2) is 24.3 Å². The van der Waals surface area contributed by atoms with E-state index in [0.29, 0.717) is 5.56 Å². The maximum Gasteiger partial charge on any atom is 0.229 e. The quantitative estimate of drug-likeness (QED) is 0.614. The molecule has 1 aromatic rings. The molecule has 0 aliphatic rings. The fourth-order valence-electron chi connectivity index (χ4n) is 0.806. The molecule has 3 N–H and O–H groups in total. The monoisotopic (exact) mass is 175 g/mol. The van der Waals surface area contributed by atoms with Gasteiger partial charge in [0, 0.05) is 0 Å². The number of primary amides is 1. The molecule has 0 fully saturated rings. The van der Waals surface area contributed by atoms with Gasteiger partial charge in [0.2, 0.25) is 5.91 Å². The van der Waals surface area contributed by atoms with Crippen LogP contribution in [0, 0.1) is 11.8 Å². The van der Waals surface area contributed by atoms with Crippen LogP contribution in [0.1, 0.15) is 12.0 Å². The van der Waals surface area contributed by atoms with Crippen LogP contribution < -0.4 is 5.73 Å². The first-order valence-corrected chi connectivity index (χ1v) is 3.75. The fraction of sp³-hybridized carbons (Fsp3) is 0.100. The number of aromatic hydroxyl groups is 1. The lowest BCUT2D eigenvalue weighted by Crippen LogP contribution is -2.08. The fourth-order valence-corrected chi connectivity index (χ4v) is 0.806. The van der Waals surface area contributed by atoms with Crippen LogP contribution in [0.3, 0.4) is 0 Å². The van der Waals surface area contributed by atoms with Crippen molar-refractivity contribution in [2.45, 2.75) is 6.42 Å². The van der Waals surface area contributed by atoms with E-state index in [0.717, 1.165) is 0 Å². The molecule has 0 unspecified atom stereocenters. The molecule has 0 atom stereocenters. The summed E-state index contributed by atoms with van der Waals surface area (Å²) in [6.45, 7) is 0. The van der Waals surface area contributed by atoms with Crippen LogP contribution in [0.2, 0.25) is 0 Å². The van der Waals surface area contributed by atoms with E-state index in [4.69, 9.17) is 5.73 Å². The molecule has 0 bridgehead atoms. The summed E-state index contributed by atoms with van der Waals surface area (Å²) in [7, 11) is 0. The SMILES string of the molecule is NC(=O)CC#Cc1ccccc1O. The largest absolute Gasteiger partial charge is 0.507 e. The van der Waals surface area contributed by atoms with Crippen molar-refractivity contribution in [2.24, 2.45) is 5.73 Å². The third-order valence-electron chi connectivity index (χ3n) is 1.39. The van der Waals surface area contributed by atoms with Crippen LogP contribution in [-0.4, -0.2) is 11.0 Å². The van der Waals surface area contributed by atoms with E-state index in [1.807, 2.05) is 0 Å². The van der Waals surface area contributed by atoms with Gasteiger partial charge in [0.15, 0.2) is 0 Å². The second kappa shape index (κ2) is 4.17. The summed E-state index contributed by atoms with van der Waals surface area (Å²) in [6, 6.07) is 6.67. The van der Waals surface area contributed by atoms with E-state index in [2.05, 4.69) is 11.8 Å². The highest BCUT2D eigenvalue weighted by Crippen LogP contribution is 2.13. The second-order valence-corrected chi connectivity index (χ2v) is 2.46. The maximum absolute atomic E-state index is 10.3. The Bertz CT molecular complexity index is 374. The Balaban J connectivity index is 2.77. The molecule has 0 saturated heterocycles. The van der Waals surface area contributed by atoms with Gasteiger partial charge < -0.3 is 10.8 Å². The number of amides is 1. The minimum Gasteiger partial charge on any atom is -0.507 e. The molecule has 0 aliphatic carbocycles. The summed E-state index contributed by atoms with van der Waals surface area (Å²) in [5, 5.41) is 9.26. The van der Waals surface area contributed by atoms with E-state index in [1.54, 1.807) is 18.2 Å². The zero-order chi connectivity index (χ0) is 9.68. The normalized spacial score (nSPS) is 8.62. The molecular weight excluding hydrogens is 166 g/mol. The molecule has 0 aliphatic heterocycles. The molecule has 1 aromatic carbocycles. The van der Waals surface area contributed by atoms with Gasteiger partial charge in [-0.3, -0.25) is 4.79 Å². The van der Waals surface area contributed by atoms with Crippen molar-refractivity contribution in [3.8, 4) is 17.6 Å². The van der Waals surface area contributed by atoms with Crippen molar-refractivity contribution in [2.75, 3.05) is 0 Å². The zero-order valence-electron chi connectivity index (χ0n) is 6.95. The summed E-state index contributed by atoms with van der Waals surface area (Å²) >= 11 is 0. The van der Waals surface area contributed by atoms with Crippen molar-refractivity contribution in [1.82, 2.24) is 0 Å². The van der Waals surface area contributed by atoms with Gasteiger partial charge in [-0.1, -0.05) is 24.0 Å². The topological polar surface area (TPSA) is 63.3 Å². The van der Waals surface area contributed by atoms with E-state index < -0.39 is 5.91 Å². The zero-order valence-corrected chi connectivity index (χ0v) is 6.95. The molecule has 3 heteroatoms. The summed E-state index contributed by atoms with van der Waals surface area (Å²) in [5.74, 6) is 4.84. The Morgan fingerprint density at radius 3 is 2.77 bits per heavy atom. The van der Waals surface area contributed by atoms with E-state index in [-0.39, 0.29) is 12.2 Å². The number of phenols is 1. The highest BCUT2D eigenvalue weighted by Gasteiger charge is 1.93. The lowest BCUT2D eigenvalue weighted by Gasteiger charge is -1.93. The van der Waals surface area contributed by atoms with Crippen LogP contribution in [0.5, 0.6) is 5.75 Å². The lowest BCUT2D eigenvalue weighted by atomic mass is 10.2. The van der Waals surface area contributed by atoms with E-state index in [9.17, 15) is 9.90 Å². The molecule has 1 amide bonds. The standard InChI is InChI=1S/C10H9NO2/c11-10(13)7-3-5-8-4-1-2-6-9(8)12/h1-2,4,6,12H,7H2,(H2,11,13). The van der Waals surface area contributed by atoms with Crippen molar-refractivity contribution in [3.05, 3.63) is 29.8 Å². The van der Waals surface area contributed by atoms with Crippen LogP contribution in [0.4, 0.5) is 0 Å². The highest BCUT2D eigenvalue weighted by atomic mass is 16.3. The van der Waals surface area contributed by atoms with Gasteiger partial charge in [0.1, 0.15) is 5.75 Å². The number of carbonyl (C=O) groups excluding carboxylic acids is 1. The molecule has 0 heterocycles. The van der Waals surface area contributed by atoms with Gasteiger partial charge in [-0.05, 0) is 12.1 Å². The van der Waals surface area contributed by atoms with Crippen LogP contribution in [0.25, 0.3) is 0 Å². The Labute approximate surface area is 76.2 Å². The van der Waals surface area contributed by atoms with Gasteiger partial charge >= 0.3 is 0 Å². The minimum atomic E-state index is -0.470. The smallest absolute Gasteiger partial charge is 0.229 e. The Morgan fingerprint density at radius 2 is 2.15 bits per heavy atom. The summed E-state index contributed by atoms with van der Waals surface area (Å²) < 4.78 is 0. The molecule has 0 spiro atoms. The van der Waals surface area contributed by atoms with Gasteiger partial charge in [-0.2, -0.15) is 0 Å². The molecule has 0 saturated carbocycles. The first-order valence-electron chi connectivity index (χ1n) is 3.75. The number of nitrogens with two attached hydrogens (primary N) is 1. The Hall–Kier alpha value is -1.95. The van der Waals surface area contributed by atoms with Gasteiger partial charge in [-0.15, -0.1) is 0 Å². The third kappa shape index (κ3) is 2.88. The van der Waals surface area contributed by atoms with Gasteiger partial charge in [-0.25, -0.2) is 0 Å². The molecule has 0 aromatic heterocycles. The second-order valence-electron chi connectivity index (χ2n) is 2.46. The average Bonchev–Trinajstić information content (AvgIpc) is 2.08. The molecule has 3 nitrogen and oxygen atoms in total. The van der Waals surface area contributed by atoms with Crippen LogP contribution >= 0.6 is 0 Å². The van der Waals surface area contributed by atoms with E-state index in [1.165, 1.54) is 6.07 Å². The number of carbonyl (C=O) groups is 1. The van der Waals surface area contributed by atoms with Crippen molar-refractivity contribution < 1.29 is 9.90 Å². The van der Waals surface area contributed by atoms with Crippen molar-refractivity contribution in [3.63, 3.8) is 0 Å². The molecular formula is C10H9NO2.